The Morgan fingerprint density at radius 1 is 1.62 bits per heavy atom. The fraction of sp³-hybridized carbons (Fsp3) is 0.385. The molecule has 21 heavy (non-hydrogen) atoms. The van der Waals surface area contributed by atoms with Crippen LogP contribution >= 0.6 is 0 Å². The molecular formula is C13H14N4O4. The van der Waals surface area contributed by atoms with Gasteiger partial charge in [-0.3, -0.25) is 4.79 Å². The summed E-state index contributed by atoms with van der Waals surface area (Å²) in [5.41, 5.74) is 1.40. The van der Waals surface area contributed by atoms with Crippen molar-refractivity contribution in [1.29, 1.82) is 0 Å². The van der Waals surface area contributed by atoms with Crippen LogP contribution < -0.4 is 5.56 Å². The van der Waals surface area contributed by atoms with Crippen LogP contribution in [0.2, 0.25) is 0 Å². The summed E-state index contributed by atoms with van der Waals surface area (Å²) in [5.74, 6) is -0.599. The number of oxime groups is 1. The molecule has 8 heteroatoms. The summed E-state index contributed by atoms with van der Waals surface area (Å²) in [7, 11) is 0. The minimum Gasteiger partial charge on any atom is -0.455 e. The summed E-state index contributed by atoms with van der Waals surface area (Å²) in [6.45, 7) is 3.68. The molecule has 1 atom stereocenters. The van der Waals surface area contributed by atoms with Gasteiger partial charge in [0.2, 0.25) is 0 Å². The van der Waals surface area contributed by atoms with Gasteiger partial charge in [0, 0.05) is 24.4 Å². The van der Waals surface area contributed by atoms with E-state index in [0.29, 0.717) is 23.3 Å². The van der Waals surface area contributed by atoms with Gasteiger partial charge in [0.15, 0.2) is 5.69 Å². The van der Waals surface area contributed by atoms with E-state index in [0.717, 1.165) is 0 Å². The lowest BCUT2D eigenvalue weighted by atomic mass is 10.2. The van der Waals surface area contributed by atoms with Crippen molar-refractivity contribution in [3.63, 3.8) is 0 Å². The predicted molar refractivity (Wildman–Crippen MR) is 73.4 cm³/mol. The number of aromatic amines is 1. The van der Waals surface area contributed by atoms with Gasteiger partial charge in [0.1, 0.15) is 18.2 Å². The maximum Gasteiger partial charge on any atom is 0.359 e. The molecule has 1 aliphatic heterocycles. The van der Waals surface area contributed by atoms with Crippen molar-refractivity contribution >= 4 is 17.2 Å². The number of aromatic nitrogens is 3. The molecule has 0 radical (unpaired) electrons. The molecule has 2 aromatic heterocycles. The second-order valence-electron chi connectivity index (χ2n) is 4.98. The van der Waals surface area contributed by atoms with E-state index in [1.54, 1.807) is 13.1 Å². The Hall–Kier alpha value is -2.64. The monoisotopic (exact) mass is 290 g/mol. The van der Waals surface area contributed by atoms with Crippen LogP contribution in [0, 0.1) is 6.92 Å². The highest BCUT2D eigenvalue weighted by Crippen LogP contribution is 2.10. The van der Waals surface area contributed by atoms with Crippen LogP contribution in [0.15, 0.2) is 22.2 Å². The molecule has 0 fully saturated rings. The highest BCUT2D eigenvalue weighted by Gasteiger charge is 2.19. The second kappa shape index (κ2) is 5.04. The van der Waals surface area contributed by atoms with Crippen molar-refractivity contribution in [1.82, 2.24) is 14.6 Å². The SMILES string of the molecule is Cc1cn2nc(C(=O)OCC3=NOC(C)C3)cc2c(=O)[nH]1. The average molecular weight is 290 g/mol. The van der Waals surface area contributed by atoms with E-state index < -0.39 is 5.97 Å². The van der Waals surface area contributed by atoms with Crippen molar-refractivity contribution in [3.8, 4) is 0 Å². The molecular weight excluding hydrogens is 276 g/mol. The minimum atomic E-state index is -0.599. The van der Waals surface area contributed by atoms with Crippen molar-refractivity contribution in [2.75, 3.05) is 6.61 Å². The van der Waals surface area contributed by atoms with Crippen LogP contribution in [0.3, 0.4) is 0 Å². The van der Waals surface area contributed by atoms with Crippen LogP contribution in [0.4, 0.5) is 0 Å². The number of esters is 1. The number of nitrogens with one attached hydrogen (secondary N) is 1. The summed E-state index contributed by atoms with van der Waals surface area (Å²) in [4.78, 5) is 31.3. The summed E-state index contributed by atoms with van der Waals surface area (Å²) in [6, 6.07) is 1.40. The molecule has 1 aliphatic rings. The number of ether oxygens (including phenoxy) is 1. The van der Waals surface area contributed by atoms with Crippen molar-refractivity contribution in [2.45, 2.75) is 26.4 Å². The molecule has 1 unspecified atom stereocenters. The molecule has 0 amide bonds. The van der Waals surface area contributed by atoms with E-state index in [1.807, 2.05) is 6.92 Å². The van der Waals surface area contributed by atoms with Gasteiger partial charge in [-0.15, -0.1) is 0 Å². The Kier molecular flexibility index (Phi) is 3.20. The van der Waals surface area contributed by atoms with Gasteiger partial charge in [0.25, 0.3) is 5.56 Å². The first-order valence-corrected chi connectivity index (χ1v) is 6.51. The fourth-order valence-corrected chi connectivity index (χ4v) is 2.10. The van der Waals surface area contributed by atoms with Crippen LogP contribution in [0.1, 0.15) is 29.5 Å². The van der Waals surface area contributed by atoms with E-state index >= 15 is 0 Å². The van der Waals surface area contributed by atoms with Crippen LogP contribution in [0.25, 0.3) is 5.52 Å². The Bertz CT molecular complexity index is 789. The van der Waals surface area contributed by atoms with Crippen molar-refractivity contribution in [2.24, 2.45) is 5.16 Å². The van der Waals surface area contributed by atoms with Crippen molar-refractivity contribution in [3.05, 3.63) is 34.0 Å². The second-order valence-corrected chi connectivity index (χ2v) is 4.98. The highest BCUT2D eigenvalue weighted by atomic mass is 16.6. The first-order valence-electron chi connectivity index (χ1n) is 6.51. The Labute approximate surface area is 119 Å². The number of aryl methyl sites for hydroxylation is 1. The molecule has 0 saturated carbocycles. The molecule has 0 saturated heterocycles. The summed E-state index contributed by atoms with van der Waals surface area (Å²) >= 11 is 0. The molecule has 0 spiro atoms. The number of H-pyrrole nitrogens is 1. The zero-order valence-corrected chi connectivity index (χ0v) is 11.6. The lowest BCUT2D eigenvalue weighted by molar-refractivity contribution is 0.0554. The van der Waals surface area contributed by atoms with Gasteiger partial charge in [-0.1, -0.05) is 5.16 Å². The number of carbonyl (C=O) groups is 1. The fourth-order valence-electron chi connectivity index (χ4n) is 2.10. The molecule has 110 valence electrons. The third kappa shape index (κ3) is 2.64. The maximum absolute atomic E-state index is 11.9. The number of fused-ring (bicyclic) bond motifs is 1. The lowest BCUT2D eigenvalue weighted by Gasteiger charge is -2.00. The number of carbonyl (C=O) groups excluding carboxylic acids is 1. The number of rotatable bonds is 3. The number of hydrogen-bond donors (Lipinski definition) is 1. The van der Waals surface area contributed by atoms with Gasteiger partial charge in [-0.25, -0.2) is 9.31 Å². The quantitative estimate of drug-likeness (QED) is 0.837. The molecule has 3 heterocycles. The van der Waals surface area contributed by atoms with Gasteiger partial charge >= 0.3 is 5.97 Å². The zero-order valence-electron chi connectivity index (χ0n) is 11.6. The normalized spacial score (nSPS) is 17.6. The van der Waals surface area contributed by atoms with E-state index in [4.69, 9.17) is 9.57 Å². The van der Waals surface area contributed by atoms with Gasteiger partial charge < -0.3 is 14.6 Å². The lowest BCUT2D eigenvalue weighted by Crippen LogP contribution is -2.14. The maximum atomic E-state index is 11.9. The van der Waals surface area contributed by atoms with Crippen LogP contribution in [-0.2, 0) is 9.57 Å². The Morgan fingerprint density at radius 2 is 2.43 bits per heavy atom. The van der Waals surface area contributed by atoms with E-state index in [1.165, 1.54) is 10.6 Å². The van der Waals surface area contributed by atoms with Gasteiger partial charge in [0.05, 0.1) is 5.71 Å². The van der Waals surface area contributed by atoms with Crippen LogP contribution in [0.5, 0.6) is 0 Å². The molecule has 0 aromatic carbocycles. The predicted octanol–water partition coefficient (Wildman–Crippen LogP) is 0.653. The smallest absolute Gasteiger partial charge is 0.359 e. The minimum absolute atomic E-state index is 0.00966. The third-order valence-electron chi connectivity index (χ3n) is 3.06. The summed E-state index contributed by atoms with van der Waals surface area (Å²) < 4.78 is 6.49. The molecule has 8 nitrogen and oxygen atoms in total. The Balaban J connectivity index is 1.76. The Morgan fingerprint density at radius 3 is 3.14 bits per heavy atom. The van der Waals surface area contributed by atoms with Gasteiger partial charge in [-0.2, -0.15) is 5.10 Å². The highest BCUT2D eigenvalue weighted by molar-refractivity contribution is 5.92. The standard InChI is InChI=1S/C13H14N4O4/c1-7-5-17-11(12(18)14-7)4-10(15-17)13(19)20-6-9-3-8(2)21-16-9/h4-5,8H,3,6H2,1-2H3,(H,14,18). The van der Waals surface area contributed by atoms with E-state index in [9.17, 15) is 9.59 Å². The molecule has 0 aliphatic carbocycles. The van der Waals surface area contributed by atoms with Crippen LogP contribution in [-0.4, -0.2) is 39.0 Å². The largest absolute Gasteiger partial charge is 0.455 e. The topological polar surface area (TPSA) is 98.1 Å². The van der Waals surface area contributed by atoms with E-state index in [2.05, 4.69) is 15.2 Å². The molecule has 2 aromatic rings. The number of nitrogens with zero attached hydrogens (tertiary/aromatic N) is 3. The van der Waals surface area contributed by atoms with Crippen molar-refractivity contribution < 1.29 is 14.4 Å². The number of hydrogen-bond acceptors (Lipinski definition) is 6. The third-order valence-corrected chi connectivity index (χ3v) is 3.06. The van der Waals surface area contributed by atoms with Gasteiger partial charge in [-0.05, 0) is 13.8 Å². The average Bonchev–Trinajstić information content (AvgIpc) is 3.02. The first kappa shape index (κ1) is 13.3. The molecule has 1 N–H and O–H groups in total. The molecule has 0 bridgehead atoms. The van der Waals surface area contributed by atoms with E-state index in [-0.39, 0.29) is 24.0 Å². The summed E-state index contributed by atoms with van der Waals surface area (Å²) in [5, 5.41) is 7.86. The molecule has 3 rings (SSSR count). The first-order chi connectivity index (χ1) is 10.0. The zero-order chi connectivity index (χ0) is 15.0. The summed E-state index contributed by atoms with van der Waals surface area (Å²) in [6.07, 6.45) is 2.27.